The van der Waals surface area contributed by atoms with Crippen molar-refractivity contribution in [3.8, 4) is 61.5 Å². The fraction of sp³-hybridized carbons (Fsp3) is 0.276. The average molecular weight is 630 g/mol. The fourth-order valence-corrected chi connectivity index (χ4v) is 6.78. The first-order valence-corrected chi connectivity index (χ1v) is 13.9. The molecule has 3 aromatic carbocycles. The Morgan fingerprint density at radius 2 is 1.20 bits per heavy atom. The van der Waals surface area contributed by atoms with E-state index in [2.05, 4.69) is 0 Å². The van der Waals surface area contributed by atoms with E-state index in [1.165, 1.54) is 20.3 Å². The molecule has 0 aliphatic carbocycles. The third-order valence-electron chi connectivity index (χ3n) is 6.33. The second kappa shape index (κ2) is 12.8. The first kappa shape index (κ1) is 29.6. The number of methoxy groups -OCH3 is 7. The van der Waals surface area contributed by atoms with E-state index >= 15 is 0 Å². The van der Waals surface area contributed by atoms with Crippen molar-refractivity contribution in [2.75, 3.05) is 49.8 Å². The Balaban J connectivity index is 1.92. The van der Waals surface area contributed by atoms with Crippen LogP contribution in [0.3, 0.4) is 0 Å². The van der Waals surface area contributed by atoms with Gasteiger partial charge in [-0.1, -0.05) is 0 Å². The van der Waals surface area contributed by atoms with Gasteiger partial charge in [0.1, 0.15) is 0 Å². The summed E-state index contributed by atoms with van der Waals surface area (Å²) < 4.78 is 40.2. The molecule has 0 spiro atoms. The van der Waals surface area contributed by atoms with Crippen LogP contribution >= 0.6 is 0 Å². The van der Waals surface area contributed by atoms with Crippen LogP contribution in [0.25, 0.3) is 21.3 Å². The molecule has 1 heterocycles. The number of nitro benzene ring substituents is 1. The second-order valence-corrected chi connectivity index (χ2v) is 10.8. The van der Waals surface area contributed by atoms with Crippen LogP contribution in [0.15, 0.2) is 42.5 Å². The fourth-order valence-electron chi connectivity index (χ4n) is 4.44. The molecule has 0 aliphatic rings. The Labute approximate surface area is 243 Å². The molecule has 0 radical (unpaired) electrons. The summed E-state index contributed by atoms with van der Waals surface area (Å²) in [5, 5.41) is 11.8. The van der Waals surface area contributed by atoms with Crippen molar-refractivity contribution in [1.29, 1.82) is 0 Å². The van der Waals surface area contributed by atoms with Crippen LogP contribution < -0.4 is 33.2 Å². The van der Waals surface area contributed by atoms with E-state index in [0.717, 1.165) is 20.1 Å². The van der Waals surface area contributed by atoms with Gasteiger partial charge in [0.2, 0.25) is 0 Å². The Morgan fingerprint density at radius 3 is 1.66 bits per heavy atom. The molecule has 0 bridgehead atoms. The topological polar surface area (TPSA) is 121 Å². The van der Waals surface area contributed by atoms with Crippen LogP contribution in [0.2, 0.25) is 0 Å². The molecule has 0 aliphatic heterocycles. The summed E-state index contributed by atoms with van der Waals surface area (Å²) in [4.78, 5) is 16.4. The van der Waals surface area contributed by atoms with Crippen molar-refractivity contribution in [2.24, 2.45) is 0 Å². The summed E-state index contributed by atoms with van der Waals surface area (Å²) in [5.74, 6) is 3.14. The maximum atomic E-state index is 11.8. The zero-order chi connectivity index (χ0) is 29.7. The maximum absolute atomic E-state index is 11.8. The van der Waals surface area contributed by atoms with E-state index in [0.29, 0.717) is 52.2 Å². The van der Waals surface area contributed by atoms with Crippen LogP contribution in [0.1, 0.15) is 10.1 Å². The van der Waals surface area contributed by atoms with Gasteiger partial charge in [-0.2, -0.15) is 0 Å². The van der Waals surface area contributed by atoms with E-state index in [1.54, 1.807) is 47.7 Å². The molecule has 12 heteroatoms. The molecular weight excluding hydrogens is 599 g/mol. The third-order valence-corrected chi connectivity index (χ3v) is 8.64. The van der Waals surface area contributed by atoms with Crippen LogP contribution in [0.4, 0.5) is 5.69 Å². The molecule has 216 valence electrons. The van der Waals surface area contributed by atoms with E-state index in [9.17, 15) is 10.1 Å². The number of aromatic nitrogens is 1. The molecule has 0 saturated carbocycles. The Morgan fingerprint density at radius 1 is 0.683 bits per heavy atom. The first-order chi connectivity index (χ1) is 19.8. The van der Waals surface area contributed by atoms with Crippen molar-refractivity contribution in [2.45, 2.75) is 6.42 Å². The zero-order valence-corrected chi connectivity index (χ0v) is 25.4. The molecule has 0 N–H and O–H groups in total. The van der Waals surface area contributed by atoms with Crippen molar-refractivity contribution >= 4 is 20.2 Å². The average Bonchev–Trinajstić information content (AvgIpc) is 3.42. The number of ether oxygens (including phenoxy) is 7. The minimum absolute atomic E-state index is 0.129. The van der Waals surface area contributed by atoms with Gasteiger partial charge in [-0.3, -0.25) is 0 Å². The van der Waals surface area contributed by atoms with Gasteiger partial charge < -0.3 is 0 Å². The molecule has 4 aromatic rings. The van der Waals surface area contributed by atoms with Crippen LogP contribution in [-0.4, -0.2) is 74.2 Å². The van der Waals surface area contributed by atoms with E-state index in [4.69, 9.17) is 38.1 Å². The van der Waals surface area contributed by atoms with Gasteiger partial charge in [-0.05, 0) is 0 Å². The summed E-state index contributed by atoms with van der Waals surface area (Å²) in [6.07, 6.45) is 0.492. The predicted molar refractivity (Wildman–Crippen MR) is 154 cm³/mol. The molecule has 0 saturated heterocycles. The number of benzene rings is 3. The third kappa shape index (κ3) is 5.89. The molecule has 0 atom stereocenters. The molecule has 4 rings (SSSR count). The zero-order valence-electron chi connectivity index (χ0n) is 23.7. The van der Waals surface area contributed by atoms with E-state index < -0.39 is 4.92 Å². The summed E-state index contributed by atoms with van der Waals surface area (Å²) in [6, 6.07) is 12.3. The Kier molecular flexibility index (Phi) is 9.26. The summed E-state index contributed by atoms with van der Waals surface area (Å²) in [6.45, 7) is 0. The monoisotopic (exact) mass is 630 g/mol. The van der Waals surface area contributed by atoms with E-state index in [1.807, 2.05) is 24.3 Å². The van der Waals surface area contributed by atoms with Crippen molar-refractivity contribution < 1.29 is 38.1 Å². The molecular formula is C29H30N2O9Se. The number of nitro groups is 1. The van der Waals surface area contributed by atoms with Gasteiger partial charge in [-0.25, -0.2) is 0 Å². The predicted octanol–water partition coefficient (Wildman–Crippen LogP) is 5.03. The van der Waals surface area contributed by atoms with Crippen LogP contribution in [0.5, 0.6) is 40.2 Å². The van der Waals surface area contributed by atoms with Gasteiger partial charge in [0.25, 0.3) is 0 Å². The molecule has 0 fully saturated rings. The summed E-state index contributed by atoms with van der Waals surface area (Å²) in [7, 11) is 10.7. The Bertz CT molecular complexity index is 1520. The van der Waals surface area contributed by atoms with Crippen molar-refractivity contribution in [3.05, 3.63) is 62.7 Å². The van der Waals surface area contributed by atoms with Gasteiger partial charge in [0, 0.05) is 0 Å². The summed E-state index contributed by atoms with van der Waals surface area (Å²) in [5.41, 5.74) is 2.83. The molecule has 1 aromatic heterocycles. The van der Waals surface area contributed by atoms with Crippen LogP contribution in [0, 0.1) is 10.1 Å². The molecule has 41 heavy (non-hydrogen) atoms. The molecule has 0 amide bonds. The van der Waals surface area contributed by atoms with E-state index in [-0.39, 0.29) is 25.9 Å². The van der Waals surface area contributed by atoms with Gasteiger partial charge in [0.15, 0.2) is 0 Å². The van der Waals surface area contributed by atoms with Gasteiger partial charge in [-0.15, -0.1) is 0 Å². The number of hydrogen-bond donors (Lipinski definition) is 0. The summed E-state index contributed by atoms with van der Waals surface area (Å²) >= 11 is -0.293. The van der Waals surface area contributed by atoms with Crippen molar-refractivity contribution in [1.82, 2.24) is 4.98 Å². The van der Waals surface area contributed by atoms with Gasteiger partial charge >= 0.3 is 244 Å². The van der Waals surface area contributed by atoms with Gasteiger partial charge in [0.05, 0.1) is 0 Å². The molecule has 0 unspecified atom stereocenters. The Hall–Kier alpha value is -4.41. The number of nitrogens with zero attached hydrogens (tertiary/aromatic N) is 2. The number of hydrogen-bond acceptors (Lipinski definition) is 10. The quantitative estimate of drug-likeness (QED) is 0.120. The second-order valence-electron chi connectivity index (χ2n) is 8.55. The molecule has 11 nitrogen and oxygen atoms in total. The minimum atomic E-state index is -0.457. The first-order valence-electron chi connectivity index (χ1n) is 12.2. The SMILES string of the molecule is COc1ccc(-c2[se]c(Cc3cc(OC)c(OC)c(OC)c3)nc2-c2cc(OC)c(OC)c(OC)c2)cc1[N+](=O)[O-]. The number of rotatable bonds is 12. The standard InChI is InChI=1S/C29H30N2O9Se/c1-34-20-9-8-17(13-19(20)31(32)33)29-26(18-14-23(37-4)28(40-7)24(15-18)38-5)30-25(41-29)12-16-10-21(35-2)27(39-6)22(11-16)36-3/h8-11,13-15H,12H2,1-7H3. The van der Waals surface area contributed by atoms with Crippen molar-refractivity contribution in [3.63, 3.8) is 0 Å². The normalized spacial score (nSPS) is 10.6. The van der Waals surface area contributed by atoms with Crippen LogP contribution in [-0.2, 0) is 6.42 Å².